The molecule has 0 saturated carbocycles. The Labute approximate surface area is 210 Å². The maximum Gasteiger partial charge on any atom is 0.255 e. The lowest BCUT2D eigenvalue weighted by molar-refractivity contribution is 0.0154. The molecule has 3 heterocycles. The van der Waals surface area contributed by atoms with Crippen molar-refractivity contribution in [2.75, 3.05) is 30.1 Å². The number of hydrogen-bond donors (Lipinski definition) is 3. The fourth-order valence-electron chi connectivity index (χ4n) is 3.54. The molecule has 0 aliphatic rings. The second-order valence-corrected chi connectivity index (χ2v) is 8.85. The van der Waals surface area contributed by atoms with Crippen LogP contribution < -0.4 is 16.0 Å². The molecule has 3 aromatic heterocycles. The lowest BCUT2D eigenvalue weighted by Crippen LogP contribution is -2.22. The number of benzene rings is 1. The zero-order chi connectivity index (χ0) is 25.9. The van der Waals surface area contributed by atoms with Gasteiger partial charge < -0.3 is 20.7 Å². The highest BCUT2D eigenvalue weighted by Crippen LogP contribution is 2.27. The highest BCUT2D eigenvalue weighted by atomic mass is 16.5. The lowest BCUT2D eigenvalue weighted by Gasteiger charge is -2.22. The first-order valence-corrected chi connectivity index (χ1v) is 11.5. The molecule has 0 fully saturated rings. The monoisotopic (exact) mass is 486 g/mol. The van der Waals surface area contributed by atoms with Crippen LogP contribution in [0.3, 0.4) is 0 Å². The molecule has 10 nitrogen and oxygen atoms in total. The predicted molar refractivity (Wildman–Crippen MR) is 140 cm³/mol. The summed E-state index contributed by atoms with van der Waals surface area (Å²) in [5.41, 5.74) is 3.89. The van der Waals surface area contributed by atoms with Crippen LogP contribution in [-0.2, 0) is 10.3 Å². The molecule has 36 heavy (non-hydrogen) atoms. The first kappa shape index (κ1) is 24.8. The predicted octanol–water partition coefficient (Wildman–Crippen LogP) is 4.59. The van der Waals surface area contributed by atoms with E-state index in [1.807, 2.05) is 58.0 Å². The fraction of sp³-hybridized carbons (Fsp3) is 0.269. The van der Waals surface area contributed by atoms with Gasteiger partial charge in [0.15, 0.2) is 5.82 Å². The van der Waals surface area contributed by atoms with E-state index in [-0.39, 0.29) is 5.91 Å². The molecule has 0 radical (unpaired) electrons. The summed E-state index contributed by atoms with van der Waals surface area (Å²) >= 11 is 0. The summed E-state index contributed by atoms with van der Waals surface area (Å²) in [6, 6.07) is 12.9. The van der Waals surface area contributed by atoms with Gasteiger partial charge in [0.2, 0.25) is 0 Å². The minimum absolute atomic E-state index is 0.234. The van der Waals surface area contributed by atoms with Crippen LogP contribution in [0.1, 0.15) is 41.2 Å². The molecule has 0 saturated heterocycles. The maximum absolute atomic E-state index is 13.0. The molecular weight excluding hydrogens is 456 g/mol. The summed E-state index contributed by atoms with van der Waals surface area (Å²) in [4.78, 5) is 25.9. The summed E-state index contributed by atoms with van der Waals surface area (Å²) in [5, 5.41) is 14.0. The van der Waals surface area contributed by atoms with Crippen LogP contribution in [0.2, 0.25) is 0 Å². The summed E-state index contributed by atoms with van der Waals surface area (Å²) in [6.07, 6.45) is 3.10. The molecule has 0 spiro atoms. The standard InChI is InChI=1S/C26H30N8O2/c1-16-7-8-19(31-25(35)18-9-10-28-21(12-18)26(3,4)36-6)13-20(16)32-24-11-17(2)33-34(24)23-14-22(27-5)29-15-30-23/h7-15,32H,1-6H3,(H,31,35)(H,27,29,30). The Hall–Kier alpha value is -4.31. The first-order valence-electron chi connectivity index (χ1n) is 11.5. The number of nitrogens with zero attached hydrogens (tertiary/aromatic N) is 5. The number of pyridine rings is 1. The Morgan fingerprint density at radius 3 is 2.58 bits per heavy atom. The number of methoxy groups -OCH3 is 1. The van der Waals surface area contributed by atoms with Crippen molar-refractivity contribution in [2.45, 2.75) is 33.3 Å². The Morgan fingerprint density at radius 1 is 1.03 bits per heavy atom. The molecule has 1 aromatic carbocycles. The molecule has 0 aliphatic carbocycles. The number of rotatable bonds is 8. The zero-order valence-corrected chi connectivity index (χ0v) is 21.2. The van der Waals surface area contributed by atoms with Gasteiger partial charge in [0.25, 0.3) is 5.91 Å². The molecular formula is C26H30N8O2. The number of ether oxygens (including phenoxy) is 1. The Morgan fingerprint density at radius 2 is 1.83 bits per heavy atom. The number of anilines is 4. The number of amides is 1. The minimum Gasteiger partial charge on any atom is -0.373 e. The molecule has 4 rings (SSSR count). The third-order valence-electron chi connectivity index (χ3n) is 5.86. The number of carbonyl (C=O) groups is 1. The van der Waals surface area contributed by atoms with Gasteiger partial charge in [-0.15, -0.1) is 0 Å². The second-order valence-electron chi connectivity index (χ2n) is 8.85. The van der Waals surface area contributed by atoms with E-state index in [1.54, 1.807) is 37.2 Å². The van der Waals surface area contributed by atoms with Crippen molar-refractivity contribution in [1.29, 1.82) is 0 Å². The van der Waals surface area contributed by atoms with E-state index in [2.05, 4.69) is 36.0 Å². The van der Waals surface area contributed by atoms with Gasteiger partial charge in [-0.1, -0.05) is 6.07 Å². The average Bonchev–Trinajstić information content (AvgIpc) is 3.26. The number of aromatic nitrogens is 5. The van der Waals surface area contributed by atoms with E-state index in [4.69, 9.17) is 4.74 Å². The lowest BCUT2D eigenvalue weighted by atomic mass is 10.0. The first-order chi connectivity index (χ1) is 17.2. The van der Waals surface area contributed by atoms with Crippen LogP contribution >= 0.6 is 0 Å². The average molecular weight is 487 g/mol. The smallest absolute Gasteiger partial charge is 0.255 e. The van der Waals surface area contributed by atoms with Gasteiger partial charge in [-0.05, 0) is 57.5 Å². The van der Waals surface area contributed by atoms with Crippen LogP contribution in [0.5, 0.6) is 0 Å². The summed E-state index contributed by atoms with van der Waals surface area (Å²) in [7, 11) is 3.42. The van der Waals surface area contributed by atoms with Crippen molar-refractivity contribution in [3.05, 3.63) is 77.5 Å². The minimum atomic E-state index is -0.601. The van der Waals surface area contributed by atoms with Gasteiger partial charge in [-0.2, -0.15) is 9.78 Å². The van der Waals surface area contributed by atoms with Gasteiger partial charge in [0, 0.05) is 49.4 Å². The highest BCUT2D eigenvalue weighted by Gasteiger charge is 2.22. The maximum atomic E-state index is 13.0. The number of hydrogen-bond acceptors (Lipinski definition) is 8. The Balaban J connectivity index is 1.58. The quantitative estimate of drug-likeness (QED) is 0.331. The molecule has 3 N–H and O–H groups in total. The molecule has 186 valence electrons. The van der Waals surface area contributed by atoms with Crippen molar-refractivity contribution in [3.63, 3.8) is 0 Å². The third-order valence-corrected chi connectivity index (χ3v) is 5.86. The Bertz CT molecular complexity index is 1400. The summed E-state index contributed by atoms with van der Waals surface area (Å²) in [5.74, 6) is 1.81. The van der Waals surface area contributed by atoms with Crippen molar-refractivity contribution in [2.24, 2.45) is 0 Å². The van der Waals surface area contributed by atoms with E-state index in [1.165, 1.54) is 6.33 Å². The van der Waals surface area contributed by atoms with Gasteiger partial charge in [0.05, 0.1) is 11.4 Å². The van der Waals surface area contributed by atoms with Crippen LogP contribution in [0, 0.1) is 13.8 Å². The van der Waals surface area contributed by atoms with Crippen molar-refractivity contribution in [3.8, 4) is 5.82 Å². The SMILES string of the molecule is CNc1cc(-n2nc(C)cc2Nc2cc(NC(=O)c3ccnc(C(C)(C)OC)c3)ccc2C)ncn1. The van der Waals surface area contributed by atoms with Crippen molar-refractivity contribution >= 4 is 28.9 Å². The molecule has 0 atom stereocenters. The van der Waals surface area contributed by atoms with E-state index >= 15 is 0 Å². The number of nitrogens with one attached hydrogen (secondary N) is 3. The van der Waals surface area contributed by atoms with Crippen LogP contribution in [-0.4, -0.2) is 44.8 Å². The molecule has 10 heteroatoms. The zero-order valence-electron chi connectivity index (χ0n) is 21.2. The van der Waals surface area contributed by atoms with E-state index in [0.29, 0.717) is 28.6 Å². The van der Waals surface area contributed by atoms with E-state index in [9.17, 15) is 4.79 Å². The van der Waals surface area contributed by atoms with Crippen molar-refractivity contribution in [1.82, 2.24) is 24.7 Å². The molecule has 1 amide bonds. The van der Waals surface area contributed by atoms with Gasteiger partial charge in [-0.25, -0.2) is 9.97 Å². The molecule has 0 aliphatic heterocycles. The molecule has 4 aromatic rings. The van der Waals surface area contributed by atoms with Crippen LogP contribution in [0.25, 0.3) is 5.82 Å². The van der Waals surface area contributed by atoms with Gasteiger partial charge >= 0.3 is 0 Å². The van der Waals surface area contributed by atoms with Gasteiger partial charge in [-0.3, -0.25) is 9.78 Å². The Kier molecular flexibility index (Phi) is 6.98. The van der Waals surface area contributed by atoms with E-state index in [0.717, 1.165) is 22.8 Å². The molecule has 0 bridgehead atoms. The topological polar surface area (TPSA) is 119 Å². The van der Waals surface area contributed by atoms with E-state index < -0.39 is 5.60 Å². The second kappa shape index (κ2) is 10.1. The number of aryl methyl sites for hydroxylation is 2. The van der Waals surface area contributed by atoms with Crippen LogP contribution in [0.15, 0.2) is 55.0 Å². The van der Waals surface area contributed by atoms with Crippen LogP contribution in [0.4, 0.5) is 23.0 Å². The third kappa shape index (κ3) is 5.33. The molecule has 0 unspecified atom stereocenters. The van der Waals surface area contributed by atoms with Gasteiger partial charge in [0.1, 0.15) is 23.6 Å². The highest BCUT2D eigenvalue weighted by molar-refractivity contribution is 6.04. The fourth-order valence-corrected chi connectivity index (χ4v) is 3.54. The normalized spacial score (nSPS) is 11.3. The summed E-state index contributed by atoms with van der Waals surface area (Å²) in [6.45, 7) is 7.72. The number of carbonyl (C=O) groups excluding carboxylic acids is 1. The summed E-state index contributed by atoms with van der Waals surface area (Å²) < 4.78 is 7.22. The van der Waals surface area contributed by atoms with Crippen molar-refractivity contribution < 1.29 is 9.53 Å². The largest absolute Gasteiger partial charge is 0.373 e.